The average molecular weight is 354 g/mol. The number of benzene rings is 2. The van der Waals surface area contributed by atoms with E-state index in [0.29, 0.717) is 18.4 Å². The molecule has 2 unspecified atom stereocenters. The zero-order valence-electron chi connectivity index (χ0n) is 15.1. The molecule has 1 heterocycles. The Hall–Kier alpha value is -1.88. The summed E-state index contributed by atoms with van der Waals surface area (Å²) >= 11 is 0. The second-order valence-electron chi connectivity index (χ2n) is 7.68. The minimum atomic E-state index is -0.526. The Labute approximate surface area is 154 Å². The summed E-state index contributed by atoms with van der Waals surface area (Å²) in [6.07, 6.45) is 2.71. The molecule has 0 amide bonds. The van der Waals surface area contributed by atoms with Gasteiger partial charge in [0.1, 0.15) is 5.75 Å². The molecule has 26 heavy (non-hydrogen) atoms. The van der Waals surface area contributed by atoms with Crippen molar-refractivity contribution in [2.75, 3.05) is 6.61 Å². The molecule has 0 bridgehead atoms. The molecule has 3 N–H and O–H groups in total. The molecule has 0 aromatic heterocycles. The van der Waals surface area contributed by atoms with Crippen molar-refractivity contribution in [1.82, 2.24) is 0 Å². The molecule has 4 rings (SSSR count). The van der Waals surface area contributed by atoms with Gasteiger partial charge in [0.2, 0.25) is 0 Å². The summed E-state index contributed by atoms with van der Waals surface area (Å²) in [6.45, 7) is 1.77. The van der Waals surface area contributed by atoms with Gasteiger partial charge >= 0.3 is 0 Å². The lowest BCUT2D eigenvalue weighted by molar-refractivity contribution is -0.114. The fourth-order valence-electron chi connectivity index (χ4n) is 4.13. The molecule has 3 atom stereocenters. The highest BCUT2D eigenvalue weighted by molar-refractivity contribution is 5.47. The highest BCUT2D eigenvalue weighted by Gasteiger charge is 2.31. The fourth-order valence-corrected chi connectivity index (χ4v) is 4.13. The predicted molar refractivity (Wildman–Crippen MR) is 99.4 cm³/mol. The first-order valence-corrected chi connectivity index (χ1v) is 9.41. The van der Waals surface area contributed by atoms with E-state index in [2.05, 4.69) is 18.2 Å². The van der Waals surface area contributed by atoms with E-state index in [4.69, 9.17) is 4.74 Å². The number of rotatable bonds is 4. The molecule has 4 nitrogen and oxygen atoms in total. The van der Waals surface area contributed by atoms with Gasteiger partial charge in [-0.1, -0.05) is 24.3 Å². The van der Waals surface area contributed by atoms with E-state index in [9.17, 15) is 15.3 Å². The summed E-state index contributed by atoms with van der Waals surface area (Å²) in [5.41, 5.74) is 6.82. The SMILES string of the molecule is Cc1cc(Cc2ccc3c(c2)CC3)cc([C@H]2CC(O)CC(CO)O2)c1O. The molecule has 1 fully saturated rings. The van der Waals surface area contributed by atoms with Gasteiger partial charge in [-0.05, 0) is 60.1 Å². The number of aliphatic hydroxyl groups excluding tert-OH is 2. The average Bonchev–Trinajstić information content (AvgIpc) is 2.59. The van der Waals surface area contributed by atoms with Crippen molar-refractivity contribution in [3.63, 3.8) is 0 Å². The number of aromatic hydroxyl groups is 1. The molecular formula is C22H26O4. The summed E-state index contributed by atoms with van der Waals surface area (Å²) < 4.78 is 5.91. The van der Waals surface area contributed by atoms with E-state index in [1.807, 2.05) is 19.1 Å². The first kappa shape index (κ1) is 17.5. The molecule has 1 aliphatic carbocycles. The molecule has 0 radical (unpaired) electrons. The summed E-state index contributed by atoms with van der Waals surface area (Å²) in [4.78, 5) is 0. The second kappa shape index (κ2) is 7.03. The maximum atomic E-state index is 10.6. The van der Waals surface area contributed by atoms with Gasteiger partial charge in [-0.3, -0.25) is 0 Å². The Morgan fingerprint density at radius 3 is 2.54 bits per heavy atom. The summed E-state index contributed by atoms with van der Waals surface area (Å²) in [5.74, 6) is 0.224. The van der Waals surface area contributed by atoms with Crippen molar-refractivity contribution in [3.05, 3.63) is 63.7 Å². The number of hydrogen-bond donors (Lipinski definition) is 3. The van der Waals surface area contributed by atoms with Crippen LogP contribution in [0.2, 0.25) is 0 Å². The molecule has 0 spiro atoms. The number of aryl methyl sites for hydroxylation is 3. The van der Waals surface area contributed by atoms with Crippen molar-refractivity contribution >= 4 is 0 Å². The van der Waals surface area contributed by atoms with Crippen LogP contribution in [0.15, 0.2) is 30.3 Å². The Bertz CT molecular complexity index is 814. The maximum absolute atomic E-state index is 10.6. The molecular weight excluding hydrogens is 328 g/mol. The topological polar surface area (TPSA) is 69.9 Å². The van der Waals surface area contributed by atoms with E-state index in [0.717, 1.165) is 17.5 Å². The molecule has 138 valence electrons. The number of phenolic OH excluding ortho intramolecular Hbond substituents is 1. The predicted octanol–water partition coefficient (Wildman–Crippen LogP) is 2.96. The first-order valence-electron chi connectivity index (χ1n) is 9.41. The minimum absolute atomic E-state index is 0.123. The van der Waals surface area contributed by atoms with Crippen LogP contribution in [0.25, 0.3) is 0 Å². The quantitative estimate of drug-likeness (QED) is 0.789. The molecule has 2 aromatic carbocycles. The van der Waals surface area contributed by atoms with Crippen molar-refractivity contribution in [2.45, 2.75) is 57.3 Å². The van der Waals surface area contributed by atoms with Gasteiger partial charge in [0, 0.05) is 18.4 Å². The summed E-state index contributed by atoms with van der Waals surface area (Å²) in [7, 11) is 0. The van der Waals surface area contributed by atoms with Crippen molar-refractivity contribution in [2.24, 2.45) is 0 Å². The van der Waals surface area contributed by atoms with Gasteiger partial charge in [0.25, 0.3) is 0 Å². The third-order valence-electron chi connectivity index (χ3n) is 5.66. The largest absolute Gasteiger partial charge is 0.507 e. The summed E-state index contributed by atoms with van der Waals surface area (Å²) in [5, 5.41) is 30.1. The van der Waals surface area contributed by atoms with Gasteiger partial charge in [-0.25, -0.2) is 0 Å². The number of phenols is 1. The van der Waals surface area contributed by atoms with Crippen LogP contribution in [-0.4, -0.2) is 34.1 Å². The Kier molecular flexibility index (Phi) is 4.74. The normalized spacial score (nSPS) is 24.8. The van der Waals surface area contributed by atoms with Crippen LogP contribution in [0.3, 0.4) is 0 Å². The zero-order chi connectivity index (χ0) is 18.3. The lowest BCUT2D eigenvalue weighted by atomic mass is 9.86. The van der Waals surface area contributed by atoms with Crippen LogP contribution in [0.1, 0.15) is 52.3 Å². The second-order valence-corrected chi connectivity index (χ2v) is 7.68. The number of fused-ring (bicyclic) bond motifs is 1. The lowest BCUT2D eigenvalue weighted by Crippen LogP contribution is -2.33. The molecule has 2 aliphatic rings. The molecule has 4 heteroatoms. The standard InChI is InChI=1S/C22H26O4/c1-13-6-15(7-14-2-3-16-4-5-17(16)8-14)9-20(22(13)25)21-11-18(24)10-19(12-23)26-21/h2-3,6,8-9,18-19,21,23-25H,4-5,7,10-12H2,1H3/t18?,19?,21-/m1/s1. The van der Waals surface area contributed by atoms with Crippen LogP contribution < -0.4 is 0 Å². The van der Waals surface area contributed by atoms with E-state index < -0.39 is 12.2 Å². The first-order chi connectivity index (χ1) is 12.5. The Balaban J connectivity index is 1.61. The Morgan fingerprint density at radius 1 is 1.04 bits per heavy atom. The van der Waals surface area contributed by atoms with Crippen LogP contribution in [0.5, 0.6) is 5.75 Å². The van der Waals surface area contributed by atoms with Crippen LogP contribution in [0.4, 0.5) is 0 Å². The molecule has 1 aliphatic heterocycles. The highest BCUT2D eigenvalue weighted by atomic mass is 16.5. The highest BCUT2D eigenvalue weighted by Crippen LogP contribution is 2.38. The summed E-state index contributed by atoms with van der Waals surface area (Å²) in [6, 6.07) is 10.7. The zero-order valence-corrected chi connectivity index (χ0v) is 15.1. The minimum Gasteiger partial charge on any atom is -0.507 e. The van der Waals surface area contributed by atoms with E-state index in [1.54, 1.807) is 0 Å². The van der Waals surface area contributed by atoms with E-state index in [1.165, 1.54) is 29.5 Å². The molecule has 0 saturated carbocycles. The molecule has 1 saturated heterocycles. The van der Waals surface area contributed by atoms with Gasteiger partial charge in [0.05, 0.1) is 24.9 Å². The van der Waals surface area contributed by atoms with Crippen LogP contribution in [-0.2, 0) is 24.0 Å². The van der Waals surface area contributed by atoms with Crippen LogP contribution >= 0.6 is 0 Å². The van der Waals surface area contributed by atoms with E-state index in [-0.39, 0.29) is 18.5 Å². The maximum Gasteiger partial charge on any atom is 0.124 e. The Morgan fingerprint density at radius 2 is 1.85 bits per heavy atom. The number of ether oxygens (including phenoxy) is 1. The van der Waals surface area contributed by atoms with Crippen molar-refractivity contribution in [1.29, 1.82) is 0 Å². The van der Waals surface area contributed by atoms with Crippen molar-refractivity contribution in [3.8, 4) is 5.75 Å². The van der Waals surface area contributed by atoms with Gasteiger partial charge in [0.15, 0.2) is 0 Å². The van der Waals surface area contributed by atoms with Crippen LogP contribution in [0, 0.1) is 6.92 Å². The fraction of sp³-hybridized carbons (Fsp3) is 0.455. The monoisotopic (exact) mass is 354 g/mol. The van der Waals surface area contributed by atoms with Gasteiger partial charge in [-0.15, -0.1) is 0 Å². The lowest BCUT2D eigenvalue weighted by Gasteiger charge is -2.33. The third-order valence-corrected chi connectivity index (χ3v) is 5.66. The smallest absolute Gasteiger partial charge is 0.124 e. The molecule has 2 aromatic rings. The third kappa shape index (κ3) is 3.37. The van der Waals surface area contributed by atoms with E-state index >= 15 is 0 Å². The van der Waals surface area contributed by atoms with Gasteiger partial charge < -0.3 is 20.1 Å². The number of aliphatic hydroxyl groups is 2. The van der Waals surface area contributed by atoms with Gasteiger partial charge in [-0.2, -0.15) is 0 Å². The number of hydrogen-bond acceptors (Lipinski definition) is 4. The van der Waals surface area contributed by atoms with Crippen molar-refractivity contribution < 1.29 is 20.1 Å².